The number of carbonyl (C=O) groups is 2. The van der Waals surface area contributed by atoms with E-state index in [9.17, 15) is 9.59 Å². The zero-order valence-electron chi connectivity index (χ0n) is 17.6. The van der Waals surface area contributed by atoms with Crippen LogP contribution < -0.4 is 9.47 Å². The van der Waals surface area contributed by atoms with Crippen molar-refractivity contribution in [1.29, 1.82) is 0 Å². The number of nitrogens with zero attached hydrogens (tertiary/aromatic N) is 2. The number of ketones is 1. The fourth-order valence-corrected chi connectivity index (χ4v) is 4.20. The summed E-state index contributed by atoms with van der Waals surface area (Å²) in [6.45, 7) is 0.461. The number of ether oxygens (including phenoxy) is 2. The molecule has 0 aromatic heterocycles. The number of amides is 1. The lowest BCUT2D eigenvalue weighted by Crippen LogP contribution is -2.35. The summed E-state index contributed by atoms with van der Waals surface area (Å²) in [4.78, 5) is 31.5. The maximum absolute atomic E-state index is 12.8. The molecule has 1 heterocycles. The van der Waals surface area contributed by atoms with Crippen LogP contribution >= 0.6 is 11.8 Å². The molecule has 0 spiro atoms. The normalized spacial score (nSPS) is 14.4. The van der Waals surface area contributed by atoms with Gasteiger partial charge >= 0.3 is 0 Å². The number of aliphatic imine (C=N–C) groups is 1. The van der Waals surface area contributed by atoms with Crippen molar-refractivity contribution in [2.75, 3.05) is 26.0 Å². The summed E-state index contributed by atoms with van der Waals surface area (Å²) in [6.07, 6.45) is 0. The number of methoxy groups -OCH3 is 1. The molecule has 0 atom stereocenters. The van der Waals surface area contributed by atoms with Gasteiger partial charge in [-0.1, -0.05) is 54.2 Å². The maximum atomic E-state index is 12.8. The number of rotatable bonds is 7. The van der Waals surface area contributed by atoms with Crippen molar-refractivity contribution in [3.8, 4) is 11.5 Å². The first-order valence-electron chi connectivity index (χ1n) is 10.1. The van der Waals surface area contributed by atoms with E-state index in [4.69, 9.17) is 9.47 Å². The van der Waals surface area contributed by atoms with E-state index in [2.05, 4.69) is 4.99 Å². The molecule has 0 bridgehead atoms. The van der Waals surface area contributed by atoms with Crippen LogP contribution in [0.2, 0.25) is 0 Å². The highest BCUT2D eigenvalue weighted by Gasteiger charge is 2.26. The topological polar surface area (TPSA) is 68.2 Å². The Kier molecular flexibility index (Phi) is 6.87. The molecule has 1 fully saturated rings. The van der Waals surface area contributed by atoms with Crippen molar-refractivity contribution in [3.05, 3.63) is 90.0 Å². The molecule has 7 heteroatoms. The minimum Gasteiger partial charge on any atom is -0.494 e. The molecule has 0 saturated carbocycles. The van der Waals surface area contributed by atoms with Crippen molar-refractivity contribution < 1.29 is 19.1 Å². The SMILES string of the molecule is COc1ccccc1N=C1SCCN1C(=O)COc1ccc(C(=O)c2ccccc2)cc1. The zero-order chi connectivity index (χ0) is 22.3. The fourth-order valence-electron chi connectivity index (χ4n) is 3.23. The first-order valence-corrected chi connectivity index (χ1v) is 11.1. The minimum absolute atomic E-state index is 0.0560. The van der Waals surface area contributed by atoms with Gasteiger partial charge in [-0.3, -0.25) is 14.5 Å². The molecule has 0 aliphatic carbocycles. The Morgan fingerprint density at radius 1 is 0.938 bits per heavy atom. The van der Waals surface area contributed by atoms with Crippen molar-refractivity contribution in [2.24, 2.45) is 4.99 Å². The van der Waals surface area contributed by atoms with Gasteiger partial charge < -0.3 is 9.47 Å². The monoisotopic (exact) mass is 446 g/mol. The average Bonchev–Trinajstić information content (AvgIpc) is 3.31. The summed E-state index contributed by atoms with van der Waals surface area (Å²) < 4.78 is 11.0. The van der Waals surface area contributed by atoms with E-state index in [-0.39, 0.29) is 18.3 Å². The molecule has 6 nitrogen and oxygen atoms in total. The summed E-state index contributed by atoms with van der Waals surface area (Å²) in [7, 11) is 1.59. The maximum Gasteiger partial charge on any atom is 0.266 e. The van der Waals surface area contributed by atoms with Gasteiger partial charge in [-0.15, -0.1) is 0 Å². The lowest BCUT2D eigenvalue weighted by molar-refractivity contribution is -0.129. The third-order valence-corrected chi connectivity index (χ3v) is 5.85. The Bertz CT molecular complexity index is 1130. The Morgan fingerprint density at radius 3 is 2.38 bits per heavy atom. The number of para-hydroxylation sites is 2. The van der Waals surface area contributed by atoms with E-state index >= 15 is 0 Å². The summed E-state index contributed by atoms with van der Waals surface area (Å²) in [5.41, 5.74) is 1.87. The number of hydrogen-bond acceptors (Lipinski definition) is 6. The Hall–Kier alpha value is -3.58. The molecule has 4 rings (SSSR count). The van der Waals surface area contributed by atoms with Crippen LogP contribution in [0, 0.1) is 0 Å². The van der Waals surface area contributed by atoms with Crippen LogP contribution in [0.15, 0.2) is 83.9 Å². The molecule has 0 unspecified atom stereocenters. The number of amidine groups is 1. The van der Waals surface area contributed by atoms with Gasteiger partial charge in [0.25, 0.3) is 5.91 Å². The molecular weight excluding hydrogens is 424 g/mol. The first-order chi connectivity index (χ1) is 15.7. The van der Waals surface area contributed by atoms with Gasteiger partial charge in [-0.2, -0.15) is 0 Å². The van der Waals surface area contributed by atoms with Crippen LogP contribution in [0.5, 0.6) is 11.5 Å². The number of hydrogen-bond donors (Lipinski definition) is 0. The van der Waals surface area contributed by atoms with Crippen LogP contribution in [0.4, 0.5) is 5.69 Å². The predicted octanol–water partition coefficient (Wildman–Crippen LogP) is 4.57. The van der Waals surface area contributed by atoms with E-state index in [1.807, 2.05) is 42.5 Å². The highest BCUT2D eigenvalue weighted by Crippen LogP contribution is 2.30. The third-order valence-electron chi connectivity index (χ3n) is 4.89. The molecule has 1 aliphatic heterocycles. The second kappa shape index (κ2) is 10.2. The predicted molar refractivity (Wildman–Crippen MR) is 126 cm³/mol. The number of thioether (sulfide) groups is 1. The van der Waals surface area contributed by atoms with Crippen molar-refractivity contribution >= 4 is 34.3 Å². The van der Waals surface area contributed by atoms with E-state index in [0.717, 1.165) is 5.75 Å². The molecule has 3 aromatic rings. The largest absolute Gasteiger partial charge is 0.494 e. The molecule has 3 aromatic carbocycles. The lowest BCUT2D eigenvalue weighted by atomic mass is 10.0. The van der Waals surface area contributed by atoms with Gasteiger partial charge in [0, 0.05) is 23.4 Å². The molecular formula is C25H22N2O4S. The molecule has 0 N–H and O–H groups in total. The third kappa shape index (κ3) is 5.00. The van der Waals surface area contributed by atoms with Gasteiger partial charge in [0.2, 0.25) is 0 Å². The van der Waals surface area contributed by atoms with Crippen molar-refractivity contribution in [2.45, 2.75) is 0 Å². The Morgan fingerprint density at radius 2 is 1.62 bits per heavy atom. The smallest absolute Gasteiger partial charge is 0.266 e. The minimum atomic E-state index is -0.173. The highest BCUT2D eigenvalue weighted by atomic mass is 32.2. The number of carbonyl (C=O) groups excluding carboxylic acids is 2. The molecule has 162 valence electrons. The first kappa shape index (κ1) is 21.6. The van der Waals surface area contributed by atoms with Crippen LogP contribution in [0.25, 0.3) is 0 Å². The Labute approximate surface area is 190 Å². The summed E-state index contributed by atoms with van der Waals surface area (Å²) in [5.74, 6) is 1.72. The van der Waals surface area contributed by atoms with Crippen LogP contribution in [0.1, 0.15) is 15.9 Å². The summed E-state index contributed by atoms with van der Waals surface area (Å²) in [6, 6.07) is 23.3. The molecule has 32 heavy (non-hydrogen) atoms. The quantitative estimate of drug-likeness (QED) is 0.498. The van der Waals surface area contributed by atoms with Gasteiger partial charge in [0.05, 0.1) is 7.11 Å². The molecule has 1 aliphatic rings. The van der Waals surface area contributed by atoms with Crippen LogP contribution in [-0.2, 0) is 4.79 Å². The van der Waals surface area contributed by atoms with Gasteiger partial charge in [-0.05, 0) is 36.4 Å². The van der Waals surface area contributed by atoms with E-state index in [1.54, 1.807) is 48.4 Å². The van der Waals surface area contributed by atoms with Gasteiger partial charge in [0.1, 0.15) is 17.2 Å². The summed E-state index contributed by atoms with van der Waals surface area (Å²) >= 11 is 1.52. The standard InChI is InChI=1S/C25H22N2O4S/c1-30-22-10-6-5-9-21(22)26-25-27(15-16-32-25)23(28)17-31-20-13-11-19(12-14-20)24(29)18-7-3-2-4-8-18/h2-14H,15-17H2,1H3. The second-order valence-electron chi connectivity index (χ2n) is 6.97. The molecule has 1 saturated heterocycles. The molecule has 0 radical (unpaired) electrons. The van der Waals surface area contributed by atoms with Crippen LogP contribution in [-0.4, -0.2) is 47.8 Å². The lowest BCUT2D eigenvalue weighted by Gasteiger charge is -2.16. The molecule has 1 amide bonds. The van der Waals surface area contributed by atoms with Crippen molar-refractivity contribution in [1.82, 2.24) is 4.90 Å². The van der Waals surface area contributed by atoms with Gasteiger partial charge in [0.15, 0.2) is 17.6 Å². The average molecular weight is 447 g/mol. The fraction of sp³-hybridized carbons (Fsp3) is 0.160. The summed E-state index contributed by atoms with van der Waals surface area (Å²) in [5, 5.41) is 0.631. The number of benzene rings is 3. The van der Waals surface area contributed by atoms with E-state index in [0.29, 0.717) is 40.0 Å². The van der Waals surface area contributed by atoms with Gasteiger partial charge in [-0.25, -0.2) is 4.99 Å². The van der Waals surface area contributed by atoms with E-state index in [1.165, 1.54) is 11.8 Å². The zero-order valence-corrected chi connectivity index (χ0v) is 18.4. The second-order valence-corrected chi connectivity index (χ2v) is 8.03. The van der Waals surface area contributed by atoms with E-state index < -0.39 is 0 Å². The highest BCUT2D eigenvalue weighted by molar-refractivity contribution is 8.14. The van der Waals surface area contributed by atoms with Crippen molar-refractivity contribution in [3.63, 3.8) is 0 Å². The Balaban J connectivity index is 1.39. The van der Waals surface area contributed by atoms with Crippen LogP contribution in [0.3, 0.4) is 0 Å².